The third-order valence-corrected chi connectivity index (χ3v) is 5.56. The van der Waals surface area contributed by atoms with Gasteiger partial charge in [0.2, 0.25) is 9.84 Å². The van der Waals surface area contributed by atoms with Crippen molar-refractivity contribution in [1.82, 2.24) is 4.98 Å². The van der Waals surface area contributed by atoms with Crippen LogP contribution in [0.3, 0.4) is 0 Å². The topological polar surface area (TPSA) is 99.1 Å². The number of halogens is 4. The summed E-state index contributed by atoms with van der Waals surface area (Å²) in [5, 5.41) is 0.751. The molecule has 2 aromatic carbocycles. The summed E-state index contributed by atoms with van der Waals surface area (Å²) in [6.45, 7) is 0. The zero-order valence-electron chi connectivity index (χ0n) is 13.0. The third kappa shape index (κ3) is 3.27. The van der Waals surface area contributed by atoms with Gasteiger partial charge in [-0.05, 0) is 24.3 Å². The third-order valence-electron chi connectivity index (χ3n) is 3.71. The van der Waals surface area contributed by atoms with Crippen LogP contribution >= 0.6 is 12.4 Å². The van der Waals surface area contributed by atoms with Crippen LogP contribution < -0.4 is 11.5 Å². The monoisotopic (exact) mass is 403 g/mol. The normalized spacial score (nSPS) is 12.0. The van der Waals surface area contributed by atoms with Gasteiger partial charge in [0.05, 0.1) is 26.7 Å². The number of anilines is 2. The molecule has 3 rings (SSSR count). The fraction of sp³-hybridized carbons (Fsp3) is 0.0625. The molecule has 1 heterocycles. The van der Waals surface area contributed by atoms with Crippen molar-refractivity contribution in [3.8, 4) is 0 Å². The van der Waals surface area contributed by atoms with Crippen molar-refractivity contribution >= 4 is 44.4 Å². The number of rotatable bonds is 2. The fourth-order valence-electron chi connectivity index (χ4n) is 2.50. The Morgan fingerprint density at radius 1 is 0.962 bits per heavy atom. The summed E-state index contributed by atoms with van der Waals surface area (Å²) >= 11 is 0. The lowest BCUT2D eigenvalue weighted by Gasteiger charge is -2.16. The van der Waals surface area contributed by atoms with E-state index >= 15 is 0 Å². The van der Waals surface area contributed by atoms with Crippen LogP contribution in [0.15, 0.2) is 58.6 Å². The first-order valence-corrected chi connectivity index (χ1v) is 8.44. The number of alkyl halides is 3. The van der Waals surface area contributed by atoms with Gasteiger partial charge in [-0.15, -0.1) is 12.4 Å². The van der Waals surface area contributed by atoms with Gasteiger partial charge in [-0.2, -0.15) is 13.2 Å². The van der Waals surface area contributed by atoms with Crippen molar-refractivity contribution in [1.29, 1.82) is 0 Å². The number of aromatic nitrogens is 1. The van der Waals surface area contributed by atoms with E-state index in [1.807, 2.05) is 0 Å². The molecule has 0 saturated heterocycles. The van der Waals surface area contributed by atoms with Crippen LogP contribution in [-0.2, 0) is 16.0 Å². The van der Waals surface area contributed by atoms with Crippen molar-refractivity contribution in [2.45, 2.75) is 16.0 Å². The zero-order chi connectivity index (χ0) is 18.4. The van der Waals surface area contributed by atoms with Gasteiger partial charge in [0, 0.05) is 23.2 Å². The highest BCUT2D eigenvalue weighted by Crippen LogP contribution is 2.40. The van der Waals surface area contributed by atoms with Gasteiger partial charge in [0.25, 0.3) is 0 Å². The highest BCUT2D eigenvalue weighted by Gasteiger charge is 2.38. The number of sulfone groups is 1. The Morgan fingerprint density at radius 2 is 1.62 bits per heavy atom. The quantitative estimate of drug-likeness (QED) is 0.636. The van der Waals surface area contributed by atoms with Crippen LogP contribution in [0.4, 0.5) is 24.5 Å². The fourth-order valence-corrected chi connectivity index (χ4v) is 4.22. The highest BCUT2D eigenvalue weighted by molar-refractivity contribution is 7.91. The van der Waals surface area contributed by atoms with Crippen LogP contribution in [0.1, 0.15) is 5.56 Å². The molecule has 0 spiro atoms. The SMILES string of the molecule is Cl.Nc1cc(C(F)(F)F)c(S(=O)(=O)c2cccc3cnccc23)cc1N. The molecule has 1 aromatic heterocycles. The molecule has 0 fully saturated rings. The molecule has 0 aliphatic heterocycles. The van der Waals surface area contributed by atoms with Crippen LogP contribution in [0.5, 0.6) is 0 Å². The van der Waals surface area contributed by atoms with E-state index in [1.165, 1.54) is 30.6 Å². The van der Waals surface area contributed by atoms with Crippen LogP contribution in [0, 0.1) is 0 Å². The molecule has 0 aliphatic rings. The average Bonchev–Trinajstić information content (AvgIpc) is 2.55. The van der Waals surface area contributed by atoms with Gasteiger partial charge in [-0.3, -0.25) is 4.98 Å². The zero-order valence-corrected chi connectivity index (χ0v) is 14.6. The summed E-state index contributed by atoms with van der Waals surface area (Å²) in [6, 6.07) is 7.00. The van der Waals surface area contributed by atoms with Gasteiger partial charge < -0.3 is 11.5 Å². The van der Waals surface area contributed by atoms with E-state index < -0.39 is 26.5 Å². The minimum absolute atomic E-state index is 0. The number of nitrogen functional groups attached to an aromatic ring is 2. The molecule has 26 heavy (non-hydrogen) atoms. The Bertz CT molecular complexity index is 1080. The number of fused-ring (bicyclic) bond motifs is 1. The smallest absolute Gasteiger partial charge is 0.397 e. The van der Waals surface area contributed by atoms with E-state index in [4.69, 9.17) is 11.5 Å². The Morgan fingerprint density at radius 3 is 2.27 bits per heavy atom. The van der Waals surface area contributed by atoms with Gasteiger partial charge in [0.15, 0.2) is 0 Å². The Hall–Kier alpha value is -2.52. The summed E-state index contributed by atoms with van der Waals surface area (Å²) in [4.78, 5) is 2.68. The Kier molecular flexibility index (Phi) is 5.07. The van der Waals surface area contributed by atoms with Gasteiger partial charge >= 0.3 is 6.18 Å². The first-order valence-electron chi connectivity index (χ1n) is 6.96. The molecule has 0 saturated carbocycles. The minimum atomic E-state index is -4.91. The summed E-state index contributed by atoms with van der Waals surface area (Å²) in [5.41, 5.74) is 9.05. The predicted octanol–water partition coefficient (Wildman–Crippen LogP) is 3.67. The molecule has 3 aromatic rings. The van der Waals surface area contributed by atoms with E-state index in [2.05, 4.69) is 4.98 Å². The van der Waals surface area contributed by atoms with E-state index in [0.29, 0.717) is 11.5 Å². The van der Waals surface area contributed by atoms with Crippen molar-refractivity contribution in [2.75, 3.05) is 11.5 Å². The lowest BCUT2D eigenvalue weighted by molar-refractivity contribution is -0.139. The van der Waals surface area contributed by atoms with Crippen LogP contribution in [0.25, 0.3) is 10.8 Å². The molecule has 0 radical (unpaired) electrons. The van der Waals surface area contributed by atoms with E-state index in [0.717, 1.165) is 6.07 Å². The standard InChI is InChI=1S/C16H12F3N3O2S.ClH/c17-16(18,19)11-6-12(20)13(21)7-15(11)25(23,24)14-3-1-2-9-8-22-5-4-10(9)14;/h1-8H,20-21H2;1H. The number of hydrogen-bond acceptors (Lipinski definition) is 5. The summed E-state index contributed by atoms with van der Waals surface area (Å²) in [7, 11) is -4.50. The molecule has 0 bridgehead atoms. The average molecular weight is 404 g/mol. The highest BCUT2D eigenvalue weighted by atomic mass is 35.5. The van der Waals surface area contributed by atoms with Crippen molar-refractivity contribution in [3.63, 3.8) is 0 Å². The molecular weight excluding hydrogens is 391 g/mol. The molecule has 0 aliphatic carbocycles. The molecule has 4 N–H and O–H groups in total. The molecule has 0 unspecified atom stereocenters. The van der Waals surface area contributed by atoms with Crippen molar-refractivity contribution in [2.24, 2.45) is 0 Å². The maximum Gasteiger partial charge on any atom is 0.417 e. The molecule has 0 atom stereocenters. The van der Waals surface area contributed by atoms with Crippen LogP contribution in [-0.4, -0.2) is 13.4 Å². The van der Waals surface area contributed by atoms with Gasteiger partial charge in [-0.25, -0.2) is 8.42 Å². The second-order valence-corrected chi connectivity index (χ2v) is 7.22. The lowest BCUT2D eigenvalue weighted by atomic mass is 10.1. The van der Waals surface area contributed by atoms with Crippen molar-refractivity contribution < 1.29 is 21.6 Å². The molecular formula is C16H13ClF3N3O2S. The summed E-state index contributed by atoms with van der Waals surface area (Å²) in [5.74, 6) is 0. The Labute approximate surface area is 153 Å². The molecule has 138 valence electrons. The second-order valence-electron chi connectivity index (χ2n) is 5.33. The molecule has 0 amide bonds. The first-order chi connectivity index (χ1) is 11.6. The Balaban J connectivity index is 0.00000243. The number of benzene rings is 2. The number of nitrogens with two attached hydrogens (primary N) is 2. The lowest BCUT2D eigenvalue weighted by Crippen LogP contribution is -2.15. The number of pyridine rings is 1. The summed E-state index contributed by atoms with van der Waals surface area (Å²) in [6.07, 6.45) is -2.11. The van der Waals surface area contributed by atoms with E-state index in [1.54, 1.807) is 6.07 Å². The molecule has 5 nitrogen and oxygen atoms in total. The van der Waals surface area contributed by atoms with Crippen LogP contribution in [0.2, 0.25) is 0 Å². The number of hydrogen-bond donors (Lipinski definition) is 2. The predicted molar refractivity (Wildman–Crippen MR) is 94.7 cm³/mol. The van der Waals surface area contributed by atoms with E-state index in [-0.39, 0.29) is 34.1 Å². The summed E-state index contributed by atoms with van der Waals surface area (Å²) < 4.78 is 66.0. The van der Waals surface area contributed by atoms with Crippen molar-refractivity contribution in [3.05, 3.63) is 54.4 Å². The minimum Gasteiger partial charge on any atom is -0.397 e. The first kappa shape index (κ1) is 19.8. The van der Waals surface area contributed by atoms with E-state index in [9.17, 15) is 21.6 Å². The maximum absolute atomic E-state index is 13.3. The number of nitrogens with zero attached hydrogens (tertiary/aromatic N) is 1. The van der Waals surface area contributed by atoms with Gasteiger partial charge in [0.1, 0.15) is 0 Å². The van der Waals surface area contributed by atoms with Gasteiger partial charge in [-0.1, -0.05) is 12.1 Å². The molecule has 10 heteroatoms. The second kappa shape index (κ2) is 6.65. The maximum atomic E-state index is 13.3. The largest absolute Gasteiger partial charge is 0.417 e.